The summed E-state index contributed by atoms with van der Waals surface area (Å²) < 4.78 is 52.2. The van der Waals surface area contributed by atoms with E-state index in [0.29, 0.717) is 25.4 Å². The molecule has 0 aromatic heterocycles. The molecule has 2 heterocycles. The Morgan fingerprint density at radius 3 is 2.31 bits per heavy atom. The van der Waals surface area contributed by atoms with Crippen molar-refractivity contribution >= 4 is 11.4 Å². The molecule has 12 heteroatoms. The maximum atomic E-state index is 12.3. The molecule has 9 nitrogen and oxygen atoms in total. The first-order valence-corrected chi connectivity index (χ1v) is 11.5. The minimum Gasteiger partial charge on any atom is -0.493 e. The summed E-state index contributed by atoms with van der Waals surface area (Å²) in [4.78, 5) is 13.3. The van der Waals surface area contributed by atoms with E-state index in [4.69, 9.17) is 9.47 Å². The van der Waals surface area contributed by atoms with Crippen LogP contribution in [-0.4, -0.2) is 43.3 Å². The predicted molar refractivity (Wildman–Crippen MR) is 126 cm³/mol. The molecule has 2 aromatic carbocycles. The second-order valence-electron chi connectivity index (χ2n) is 8.91. The highest BCUT2D eigenvalue weighted by molar-refractivity contribution is 5.60. The zero-order valence-electron chi connectivity index (χ0n) is 19.6. The van der Waals surface area contributed by atoms with Crippen LogP contribution >= 0.6 is 0 Å². The van der Waals surface area contributed by atoms with E-state index in [1.165, 1.54) is 30.3 Å². The summed E-state index contributed by atoms with van der Waals surface area (Å²) in [5.41, 5.74) is 0.124. The third kappa shape index (κ3) is 6.64. The Kier molecular flexibility index (Phi) is 7.32. The fourth-order valence-corrected chi connectivity index (χ4v) is 4.07. The summed E-state index contributed by atoms with van der Waals surface area (Å²) in [5, 5.41) is 17.9. The number of nitro benzene ring substituents is 1. The van der Waals surface area contributed by atoms with Crippen molar-refractivity contribution in [2.75, 3.05) is 31.2 Å². The van der Waals surface area contributed by atoms with Gasteiger partial charge in [-0.25, -0.2) is 0 Å². The molecule has 0 amide bonds. The molecule has 0 saturated carbocycles. The molecule has 0 unspecified atom stereocenters. The molecule has 0 bridgehead atoms. The van der Waals surface area contributed by atoms with E-state index in [9.17, 15) is 23.3 Å². The standard InChI is InChI=1S/C24H27F3N4O5/c1-23(28-10-11-29-23)16-35-22-7-2-18(14-21(22)31(32)33)30-12-8-17(9-13-30)15-34-19-3-5-20(6-4-19)36-24(25,26)27/h2-7,10-11,14,17,28-29H,8-9,12-13,15-16H2,1H3. The molecule has 2 aliphatic heterocycles. The first kappa shape index (κ1) is 25.3. The minimum absolute atomic E-state index is 0.0922. The molecule has 0 spiro atoms. The van der Waals surface area contributed by atoms with Crippen molar-refractivity contribution in [2.45, 2.75) is 31.8 Å². The van der Waals surface area contributed by atoms with Gasteiger partial charge in [-0.2, -0.15) is 0 Å². The van der Waals surface area contributed by atoms with Gasteiger partial charge in [-0.3, -0.25) is 10.1 Å². The summed E-state index contributed by atoms with van der Waals surface area (Å²) in [6.07, 6.45) is 0.385. The Morgan fingerprint density at radius 2 is 1.69 bits per heavy atom. The van der Waals surface area contributed by atoms with E-state index in [0.717, 1.165) is 18.5 Å². The molecular formula is C24H27F3N4O5. The number of ether oxygens (including phenoxy) is 3. The molecule has 0 radical (unpaired) electrons. The van der Waals surface area contributed by atoms with Crippen molar-refractivity contribution in [3.05, 3.63) is 65.0 Å². The lowest BCUT2D eigenvalue weighted by Gasteiger charge is -2.33. The molecule has 2 aliphatic rings. The minimum atomic E-state index is -4.73. The lowest BCUT2D eigenvalue weighted by molar-refractivity contribution is -0.385. The number of nitrogens with one attached hydrogen (secondary N) is 2. The average Bonchev–Trinajstić information content (AvgIpc) is 3.28. The van der Waals surface area contributed by atoms with Crippen LogP contribution in [0.1, 0.15) is 19.8 Å². The van der Waals surface area contributed by atoms with Crippen LogP contribution in [-0.2, 0) is 0 Å². The number of nitrogens with zero attached hydrogens (tertiary/aromatic N) is 2. The zero-order chi connectivity index (χ0) is 25.8. The van der Waals surface area contributed by atoms with Crippen LogP contribution in [0.3, 0.4) is 0 Å². The van der Waals surface area contributed by atoms with Crippen LogP contribution in [0.25, 0.3) is 0 Å². The molecule has 2 N–H and O–H groups in total. The number of benzene rings is 2. The van der Waals surface area contributed by atoms with E-state index < -0.39 is 16.9 Å². The van der Waals surface area contributed by atoms with Gasteiger partial charge in [0.15, 0.2) is 5.75 Å². The van der Waals surface area contributed by atoms with Crippen molar-refractivity contribution in [3.63, 3.8) is 0 Å². The first-order chi connectivity index (χ1) is 17.1. The Bertz CT molecular complexity index is 1080. The number of hydrogen-bond donors (Lipinski definition) is 2. The molecule has 2 aromatic rings. The van der Waals surface area contributed by atoms with Gasteiger partial charge in [-0.1, -0.05) is 0 Å². The highest BCUT2D eigenvalue weighted by Crippen LogP contribution is 2.34. The fraction of sp³-hybridized carbons (Fsp3) is 0.417. The van der Waals surface area contributed by atoms with Crippen molar-refractivity contribution in [1.29, 1.82) is 0 Å². The quantitative estimate of drug-likeness (QED) is 0.376. The third-order valence-corrected chi connectivity index (χ3v) is 6.07. The molecule has 0 aliphatic carbocycles. The van der Waals surface area contributed by atoms with Crippen molar-refractivity contribution in [1.82, 2.24) is 10.6 Å². The van der Waals surface area contributed by atoms with Gasteiger partial charge in [-0.15, -0.1) is 13.2 Å². The van der Waals surface area contributed by atoms with Gasteiger partial charge in [0.2, 0.25) is 0 Å². The number of alkyl halides is 3. The average molecular weight is 508 g/mol. The van der Waals surface area contributed by atoms with Gasteiger partial charge in [-0.05, 0) is 62.1 Å². The van der Waals surface area contributed by atoms with Gasteiger partial charge in [0.25, 0.3) is 0 Å². The highest BCUT2D eigenvalue weighted by Gasteiger charge is 2.31. The SMILES string of the molecule is CC1(COc2ccc(N3CCC(COc4ccc(OC(F)(F)F)cc4)CC3)cc2[N+](=O)[O-])NC=CN1. The molecular weight excluding hydrogens is 481 g/mol. The number of hydrogen-bond acceptors (Lipinski definition) is 8. The lowest BCUT2D eigenvalue weighted by Crippen LogP contribution is -2.50. The molecule has 1 saturated heterocycles. The Balaban J connectivity index is 1.28. The van der Waals surface area contributed by atoms with E-state index >= 15 is 0 Å². The van der Waals surface area contributed by atoms with Crippen LogP contribution in [0, 0.1) is 16.0 Å². The molecule has 0 atom stereocenters. The van der Waals surface area contributed by atoms with E-state index in [1.807, 2.05) is 13.0 Å². The summed E-state index contributed by atoms with van der Waals surface area (Å²) in [7, 11) is 0. The maximum Gasteiger partial charge on any atom is 0.573 e. The van der Waals surface area contributed by atoms with Gasteiger partial charge >= 0.3 is 12.0 Å². The second-order valence-corrected chi connectivity index (χ2v) is 8.91. The summed E-state index contributed by atoms with van der Waals surface area (Å²) >= 11 is 0. The van der Waals surface area contributed by atoms with E-state index in [2.05, 4.69) is 20.3 Å². The molecule has 1 fully saturated rings. The van der Waals surface area contributed by atoms with Crippen molar-refractivity contribution in [2.24, 2.45) is 5.92 Å². The predicted octanol–water partition coefficient (Wildman–Crippen LogP) is 4.55. The van der Waals surface area contributed by atoms with E-state index in [1.54, 1.807) is 18.5 Å². The first-order valence-electron chi connectivity index (χ1n) is 11.5. The van der Waals surface area contributed by atoms with Crippen LogP contribution in [0.2, 0.25) is 0 Å². The maximum absolute atomic E-state index is 12.3. The Morgan fingerprint density at radius 1 is 1.06 bits per heavy atom. The summed E-state index contributed by atoms with van der Waals surface area (Å²) in [6, 6.07) is 10.3. The topological polar surface area (TPSA) is 98.1 Å². The van der Waals surface area contributed by atoms with Crippen LogP contribution in [0.15, 0.2) is 54.9 Å². The number of anilines is 1. The van der Waals surface area contributed by atoms with Crippen LogP contribution in [0.5, 0.6) is 17.2 Å². The number of piperidine rings is 1. The van der Waals surface area contributed by atoms with Gasteiger partial charge < -0.3 is 29.7 Å². The highest BCUT2D eigenvalue weighted by atomic mass is 19.4. The van der Waals surface area contributed by atoms with Gasteiger partial charge in [0.1, 0.15) is 23.8 Å². The summed E-state index contributed by atoms with van der Waals surface area (Å²) in [6.45, 7) is 3.90. The fourth-order valence-electron chi connectivity index (χ4n) is 4.07. The summed E-state index contributed by atoms with van der Waals surface area (Å²) in [5.74, 6) is 0.624. The van der Waals surface area contributed by atoms with Crippen molar-refractivity contribution < 1.29 is 32.3 Å². The normalized spacial score (nSPS) is 17.3. The smallest absolute Gasteiger partial charge is 0.493 e. The molecule has 4 rings (SSSR count). The zero-order valence-corrected chi connectivity index (χ0v) is 19.6. The molecule has 36 heavy (non-hydrogen) atoms. The monoisotopic (exact) mass is 508 g/mol. The van der Waals surface area contributed by atoms with Crippen LogP contribution < -0.4 is 29.7 Å². The van der Waals surface area contributed by atoms with E-state index in [-0.39, 0.29) is 29.7 Å². The number of halogens is 3. The largest absolute Gasteiger partial charge is 0.573 e. The third-order valence-electron chi connectivity index (χ3n) is 6.07. The number of nitro groups is 1. The van der Waals surface area contributed by atoms with Crippen molar-refractivity contribution in [3.8, 4) is 17.2 Å². The second kappa shape index (κ2) is 10.4. The van der Waals surface area contributed by atoms with Gasteiger partial charge in [0.05, 0.1) is 11.5 Å². The van der Waals surface area contributed by atoms with Gasteiger partial charge in [0, 0.05) is 37.2 Å². The lowest BCUT2D eigenvalue weighted by atomic mass is 9.97. The molecule has 194 valence electrons. The Labute approximate surface area is 206 Å². The number of rotatable bonds is 9. The van der Waals surface area contributed by atoms with Crippen LogP contribution in [0.4, 0.5) is 24.5 Å². The Hall–Kier alpha value is -3.83.